The lowest BCUT2D eigenvalue weighted by molar-refractivity contribution is 0.584. The highest BCUT2D eigenvalue weighted by Crippen LogP contribution is 2.21. The van der Waals surface area contributed by atoms with E-state index in [4.69, 9.17) is 0 Å². The van der Waals surface area contributed by atoms with Crippen LogP contribution >= 0.6 is 0 Å². The molecule has 0 aliphatic rings. The molecule has 0 unspecified atom stereocenters. The topological polar surface area (TPSA) is 55.1 Å². The van der Waals surface area contributed by atoms with E-state index in [1.165, 1.54) is 12.1 Å². The van der Waals surface area contributed by atoms with Gasteiger partial charge in [-0.25, -0.2) is 23.7 Å². The first-order valence-electron chi connectivity index (χ1n) is 7.18. The molecule has 1 aromatic carbocycles. The lowest BCUT2D eigenvalue weighted by atomic mass is 10.3. The minimum Gasteiger partial charge on any atom is -0.324 e. The Hall–Kier alpha value is -3.35. The summed E-state index contributed by atoms with van der Waals surface area (Å²) in [6.07, 6.45) is 5.17. The molecule has 118 valence electrons. The van der Waals surface area contributed by atoms with Crippen LogP contribution < -0.4 is 5.32 Å². The minimum absolute atomic E-state index is 0.239. The molecule has 7 heteroatoms. The van der Waals surface area contributed by atoms with Gasteiger partial charge in [-0.15, -0.1) is 0 Å². The summed E-state index contributed by atoms with van der Waals surface area (Å²) in [4.78, 5) is 12.8. The van der Waals surface area contributed by atoms with E-state index in [1.807, 2.05) is 28.8 Å². The Morgan fingerprint density at radius 2 is 1.79 bits per heavy atom. The first-order chi connectivity index (χ1) is 11.7. The fourth-order valence-electron chi connectivity index (χ4n) is 2.44. The normalized spacial score (nSPS) is 10.9. The first-order valence-corrected chi connectivity index (χ1v) is 7.18. The molecule has 0 radical (unpaired) electrons. The third kappa shape index (κ3) is 2.67. The summed E-state index contributed by atoms with van der Waals surface area (Å²) < 4.78 is 28.4. The lowest BCUT2D eigenvalue weighted by Gasteiger charge is -2.07. The molecule has 0 aliphatic carbocycles. The molecule has 24 heavy (non-hydrogen) atoms. The van der Waals surface area contributed by atoms with Gasteiger partial charge in [0, 0.05) is 24.1 Å². The van der Waals surface area contributed by atoms with Crippen LogP contribution in [0.3, 0.4) is 0 Å². The van der Waals surface area contributed by atoms with Crippen molar-refractivity contribution in [3.63, 3.8) is 0 Å². The van der Waals surface area contributed by atoms with Crippen molar-refractivity contribution in [1.29, 1.82) is 0 Å². The number of aromatic nitrogens is 4. The van der Waals surface area contributed by atoms with E-state index < -0.39 is 11.6 Å². The largest absolute Gasteiger partial charge is 0.324 e. The highest BCUT2D eigenvalue weighted by Gasteiger charge is 2.09. The number of nitrogens with one attached hydrogen (secondary N) is 1. The van der Waals surface area contributed by atoms with Crippen molar-refractivity contribution in [2.75, 3.05) is 5.32 Å². The van der Waals surface area contributed by atoms with Crippen LogP contribution in [0.4, 0.5) is 20.4 Å². The van der Waals surface area contributed by atoms with E-state index in [0.717, 1.165) is 17.4 Å². The Kier molecular flexibility index (Phi) is 3.38. The molecule has 0 saturated heterocycles. The summed E-state index contributed by atoms with van der Waals surface area (Å²) in [6.45, 7) is 0. The summed E-state index contributed by atoms with van der Waals surface area (Å²) in [5, 5.41) is 2.80. The van der Waals surface area contributed by atoms with Crippen LogP contribution in [0.5, 0.6) is 0 Å². The molecule has 0 spiro atoms. The zero-order valence-corrected chi connectivity index (χ0v) is 12.3. The monoisotopic (exact) mass is 323 g/mol. The van der Waals surface area contributed by atoms with Crippen molar-refractivity contribution in [2.45, 2.75) is 0 Å². The molecule has 0 saturated carbocycles. The van der Waals surface area contributed by atoms with Gasteiger partial charge in [0.15, 0.2) is 0 Å². The van der Waals surface area contributed by atoms with Gasteiger partial charge in [-0.05, 0) is 30.3 Å². The first kappa shape index (κ1) is 14.3. The summed E-state index contributed by atoms with van der Waals surface area (Å²) in [5.74, 6) is -1.10. The predicted molar refractivity (Wildman–Crippen MR) is 85.9 cm³/mol. The molecule has 3 aromatic heterocycles. The molecule has 0 atom stereocenters. The number of benzene rings is 1. The van der Waals surface area contributed by atoms with E-state index >= 15 is 0 Å². The zero-order chi connectivity index (χ0) is 16.5. The number of pyridine rings is 1. The lowest BCUT2D eigenvalue weighted by Crippen LogP contribution is -1.99. The van der Waals surface area contributed by atoms with E-state index in [-0.39, 0.29) is 11.6 Å². The van der Waals surface area contributed by atoms with Gasteiger partial charge < -0.3 is 5.32 Å². The Labute approximate surface area is 135 Å². The van der Waals surface area contributed by atoms with Gasteiger partial charge >= 0.3 is 0 Å². The average Bonchev–Trinajstić information content (AvgIpc) is 2.98. The second-order valence-corrected chi connectivity index (χ2v) is 5.12. The minimum atomic E-state index is -0.671. The molecule has 4 rings (SSSR count). The Morgan fingerprint density at radius 1 is 0.958 bits per heavy atom. The van der Waals surface area contributed by atoms with Gasteiger partial charge in [-0.1, -0.05) is 6.07 Å². The van der Waals surface area contributed by atoms with Crippen LogP contribution in [-0.4, -0.2) is 19.4 Å². The van der Waals surface area contributed by atoms with Gasteiger partial charge in [0.05, 0.1) is 17.6 Å². The summed E-state index contributed by atoms with van der Waals surface area (Å²) in [7, 11) is 0. The predicted octanol–water partition coefficient (Wildman–Crippen LogP) is 3.81. The number of fused-ring (bicyclic) bond motifs is 1. The molecule has 0 bridgehead atoms. The zero-order valence-electron chi connectivity index (χ0n) is 12.3. The number of hydrogen-bond acceptors (Lipinski definition) is 4. The van der Waals surface area contributed by atoms with E-state index in [2.05, 4.69) is 20.3 Å². The van der Waals surface area contributed by atoms with Gasteiger partial charge in [0.25, 0.3) is 0 Å². The maximum atomic E-state index is 13.3. The van der Waals surface area contributed by atoms with Crippen molar-refractivity contribution in [3.05, 3.63) is 72.7 Å². The molecule has 0 aliphatic heterocycles. The van der Waals surface area contributed by atoms with Crippen molar-refractivity contribution in [3.8, 4) is 11.4 Å². The fourth-order valence-corrected chi connectivity index (χ4v) is 2.44. The number of hydrogen-bond donors (Lipinski definition) is 1. The highest BCUT2D eigenvalue weighted by atomic mass is 19.1. The van der Waals surface area contributed by atoms with E-state index in [9.17, 15) is 8.78 Å². The number of halogens is 2. The van der Waals surface area contributed by atoms with Gasteiger partial charge in [-0.3, -0.25) is 4.40 Å². The van der Waals surface area contributed by atoms with Crippen LogP contribution in [0.15, 0.2) is 61.1 Å². The van der Waals surface area contributed by atoms with Gasteiger partial charge in [0.2, 0.25) is 5.95 Å². The van der Waals surface area contributed by atoms with Crippen LogP contribution in [-0.2, 0) is 0 Å². The van der Waals surface area contributed by atoms with Crippen LogP contribution in [0.1, 0.15) is 0 Å². The maximum Gasteiger partial charge on any atom is 0.227 e. The Morgan fingerprint density at radius 3 is 2.62 bits per heavy atom. The number of imidazole rings is 1. The number of anilines is 2. The molecule has 0 amide bonds. The van der Waals surface area contributed by atoms with Crippen LogP contribution in [0.2, 0.25) is 0 Å². The smallest absolute Gasteiger partial charge is 0.227 e. The quantitative estimate of drug-likeness (QED) is 0.623. The fraction of sp³-hybridized carbons (Fsp3) is 0. The standard InChI is InChI=1S/C17H11F2N5/c18-11-7-12(19)9-13(8-11)22-17-20-5-4-14(23-17)15-10-21-16-3-1-2-6-24(15)16/h1-10H,(H,20,22,23). The van der Waals surface area contributed by atoms with Crippen LogP contribution in [0, 0.1) is 11.6 Å². The van der Waals surface area contributed by atoms with Crippen molar-refractivity contribution in [1.82, 2.24) is 19.4 Å². The highest BCUT2D eigenvalue weighted by molar-refractivity contribution is 5.62. The third-order valence-electron chi connectivity index (χ3n) is 3.45. The Bertz CT molecular complexity index is 1010. The molecular weight excluding hydrogens is 312 g/mol. The van der Waals surface area contributed by atoms with Crippen molar-refractivity contribution in [2.24, 2.45) is 0 Å². The van der Waals surface area contributed by atoms with Gasteiger partial charge in [0.1, 0.15) is 17.3 Å². The Balaban J connectivity index is 1.71. The van der Waals surface area contributed by atoms with Crippen LogP contribution in [0.25, 0.3) is 17.0 Å². The summed E-state index contributed by atoms with van der Waals surface area (Å²) >= 11 is 0. The summed E-state index contributed by atoms with van der Waals surface area (Å²) in [6, 6.07) is 10.6. The average molecular weight is 323 g/mol. The number of rotatable bonds is 3. The SMILES string of the molecule is Fc1cc(F)cc(Nc2nccc(-c3cnc4ccccn34)n2)c1. The van der Waals surface area contributed by atoms with E-state index in [1.54, 1.807) is 18.5 Å². The second kappa shape index (κ2) is 5.69. The molecule has 4 aromatic rings. The molecule has 0 fully saturated rings. The van der Waals surface area contributed by atoms with Crippen molar-refractivity contribution >= 4 is 17.3 Å². The molecule has 5 nitrogen and oxygen atoms in total. The van der Waals surface area contributed by atoms with Crippen molar-refractivity contribution < 1.29 is 8.78 Å². The maximum absolute atomic E-state index is 13.3. The molecule has 1 N–H and O–H groups in total. The third-order valence-corrected chi connectivity index (χ3v) is 3.45. The molecule has 3 heterocycles. The molecular formula is C17H11F2N5. The summed E-state index contributed by atoms with van der Waals surface area (Å²) in [5.41, 5.74) is 2.47. The second-order valence-electron chi connectivity index (χ2n) is 5.12. The number of nitrogens with zero attached hydrogens (tertiary/aromatic N) is 4. The van der Waals surface area contributed by atoms with E-state index in [0.29, 0.717) is 5.69 Å². The van der Waals surface area contributed by atoms with Gasteiger partial charge in [-0.2, -0.15) is 0 Å².